The Morgan fingerprint density at radius 1 is 1.17 bits per heavy atom. The fourth-order valence-corrected chi connectivity index (χ4v) is 4.96. The van der Waals surface area contributed by atoms with Crippen molar-refractivity contribution in [2.75, 3.05) is 25.0 Å². The van der Waals surface area contributed by atoms with Crippen molar-refractivity contribution >= 4 is 11.7 Å². The molecule has 1 N–H and O–H groups in total. The Bertz CT molecular complexity index is 864. The first-order valence-electron chi connectivity index (χ1n) is 11.1. The lowest BCUT2D eigenvalue weighted by molar-refractivity contribution is -0.119. The molecule has 30 heavy (non-hydrogen) atoms. The van der Waals surface area contributed by atoms with E-state index in [0.29, 0.717) is 23.1 Å². The van der Waals surface area contributed by atoms with Crippen LogP contribution in [-0.2, 0) is 11.8 Å². The van der Waals surface area contributed by atoms with E-state index in [1.54, 1.807) is 4.68 Å². The van der Waals surface area contributed by atoms with Crippen LogP contribution >= 0.6 is 0 Å². The molecule has 3 heterocycles. The summed E-state index contributed by atoms with van der Waals surface area (Å²) in [5.74, 6) is 2.01. The van der Waals surface area contributed by atoms with Crippen LogP contribution in [0.4, 0.5) is 5.82 Å². The summed E-state index contributed by atoms with van der Waals surface area (Å²) in [6, 6.07) is 3.72. The lowest BCUT2D eigenvalue weighted by atomic mass is 9.92. The predicted molar refractivity (Wildman–Crippen MR) is 118 cm³/mol. The van der Waals surface area contributed by atoms with Gasteiger partial charge in [-0.25, -0.2) is 0 Å². The topological polar surface area (TPSA) is 75.9 Å². The quantitative estimate of drug-likeness (QED) is 0.816. The van der Waals surface area contributed by atoms with Gasteiger partial charge in [0, 0.05) is 26.1 Å². The minimum absolute atomic E-state index is 0.0874. The zero-order valence-electron chi connectivity index (χ0n) is 18.9. The van der Waals surface area contributed by atoms with Gasteiger partial charge >= 0.3 is 0 Å². The molecule has 0 aromatic carbocycles. The highest BCUT2D eigenvalue weighted by atomic mass is 16.2. The Kier molecular flexibility index (Phi) is 5.66. The van der Waals surface area contributed by atoms with Crippen LogP contribution in [0, 0.1) is 30.1 Å². The molecule has 7 nitrogen and oxygen atoms in total. The van der Waals surface area contributed by atoms with Gasteiger partial charge < -0.3 is 10.2 Å². The number of aryl methyl sites for hydroxylation is 2. The van der Waals surface area contributed by atoms with Crippen LogP contribution in [0.1, 0.15) is 45.6 Å². The molecule has 1 aliphatic carbocycles. The zero-order valence-corrected chi connectivity index (χ0v) is 18.9. The van der Waals surface area contributed by atoms with Crippen molar-refractivity contribution in [3.05, 3.63) is 23.9 Å². The maximum atomic E-state index is 12.8. The van der Waals surface area contributed by atoms with Gasteiger partial charge in [-0.2, -0.15) is 5.10 Å². The summed E-state index contributed by atoms with van der Waals surface area (Å²) in [6.07, 6.45) is 5.02. The fraction of sp³-hybridized carbons (Fsp3) is 0.652. The van der Waals surface area contributed by atoms with E-state index in [2.05, 4.69) is 46.3 Å². The molecule has 1 amide bonds. The number of hydrogen-bond acceptors (Lipinski definition) is 5. The smallest absolute Gasteiger partial charge is 0.228 e. The van der Waals surface area contributed by atoms with Crippen LogP contribution in [0.2, 0.25) is 0 Å². The molecule has 2 aliphatic rings. The monoisotopic (exact) mass is 410 g/mol. The molecule has 0 radical (unpaired) electrons. The van der Waals surface area contributed by atoms with Gasteiger partial charge in [0.15, 0.2) is 5.82 Å². The Morgan fingerprint density at radius 3 is 2.40 bits per heavy atom. The molecule has 1 unspecified atom stereocenters. The number of likely N-dealkylation sites (tertiary alicyclic amines) is 1. The van der Waals surface area contributed by atoms with E-state index < -0.39 is 0 Å². The van der Waals surface area contributed by atoms with Crippen molar-refractivity contribution in [2.24, 2.45) is 30.2 Å². The molecule has 1 saturated heterocycles. The number of fused-ring (bicyclic) bond motifs is 1. The third-order valence-electron chi connectivity index (χ3n) is 6.66. The summed E-state index contributed by atoms with van der Waals surface area (Å²) in [4.78, 5) is 15.4. The first kappa shape index (κ1) is 21.0. The molecule has 162 valence electrons. The molecular formula is C23H34N6O. The molecule has 2 aromatic rings. The van der Waals surface area contributed by atoms with Gasteiger partial charge in [-0.05, 0) is 67.7 Å². The van der Waals surface area contributed by atoms with Crippen LogP contribution in [0.15, 0.2) is 18.3 Å². The summed E-state index contributed by atoms with van der Waals surface area (Å²) in [5, 5.41) is 15.8. The summed E-state index contributed by atoms with van der Waals surface area (Å²) in [7, 11) is 1.89. The van der Waals surface area contributed by atoms with Crippen LogP contribution in [0.3, 0.4) is 0 Å². The number of nitrogens with zero attached hydrogens (tertiary/aromatic N) is 5. The number of carbonyl (C=O) groups excluding carboxylic acids is 1. The summed E-state index contributed by atoms with van der Waals surface area (Å²) < 4.78 is 1.79. The third-order valence-corrected chi connectivity index (χ3v) is 6.66. The van der Waals surface area contributed by atoms with E-state index in [-0.39, 0.29) is 11.8 Å². The first-order chi connectivity index (χ1) is 14.2. The normalized spacial score (nSPS) is 24.2. The number of amides is 1. The minimum Gasteiger partial charge on any atom is -0.309 e. The number of anilines is 1. The fourth-order valence-electron chi connectivity index (χ4n) is 4.96. The lowest BCUT2D eigenvalue weighted by Crippen LogP contribution is -2.28. The van der Waals surface area contributed by atoms with Gasteiger partial charge in [0.25, 0.3) is 0 Å². The third kappa shape index (κ3) is 4.56. The van der Waals surface area contributed by atoms with E-state index in [4.69, 9.17) is 0 Å². The Hall–Kier alpha value is -2.28. The summed E-state index contributed by atoms with van der Waals surface area (Å²) in [5.41, 5.74) is 3.14. The molecule has 2 aromatic heterocycles. The molecule has 1 saturated carbocycles. The highest BCUT2D eigenvalue weighted by Crippen LogP contribution is 2.42. The average molecular weight is 411 g/mol. The molecule has 3 atom stereocenters. The van der Waals surface area contributed by atoms with Crippen molar-refractivity contribution in [1.82, 2.24) is 24.9 Å². The number of carbonyl (C=O) groups is 1. The van der Waals surface area contributed by atoms with Gasteiger partial charge in [0.05, 0.1) is 11.9 Å². The standard InChI is InChI=1S/C23H34N6O/c1-15-12-24-28(5)21(15)19-6-7-20(27-26-19)25-22(30)16-10-17-13-29(14-18(17)11-16)9-8-23(2,3)4/h6-7,12,16-18H,8-11,13-14H2,1-5H3,(H,25,27,30)/t16?,17-,18+. The highest BCUT2D eigenvalue weighted by Gasteiger charge is 2.43. The van der Waals surface area contributed by atoms with E-state index in [0.717, 1.165) is 42.9 Å². The van der Waals surface area contributed by atoms with E-state index in [1.165, 1.54) is 13.0 Å². The largest absolute Gasteiger partial charge is 0.309 e. The van der Waals surface area contributed by atoms with Crippen LogP contribution in [-0.4, -0.2) is 50.4 Å². The van der Waals surface area contributed by atoms with Crippen molar-refractivity contribution < 1.29 is 4.79 Å². The SMILES string of the molecule is Cc1cnn(C)c1-c1ccc(NC(=O)C2C[C@@H]3CN(CCC(C)(C)C)C[C@@H]3C2)nn1. The average Bonchev–Trinajstić information content (AvgIpc) is 3.33. The molecular weight excluding hydrogens is 376 g/mol. The van der Waals surface area contributed by atoms with Crippen molar-refractivity contribution in [3.8, 4) is 11.4 Å². The van der Waals surface area contributed by atoms with Gasteiger partial charge in [0.2, 0.25) is 5.91 Å². The number of rotatable bonds is 5. The number of hydrogen-bond donors (Lipinski definition) is 1. The molecule has 0 bridgehead atoms. The molecule has 1 aliphatic heterocycles. The van der Waals surface area contributed by atoms with Crippen LogP contribution < -0.4 is 5.32 Å². The maximum absolute atomic E-state index is 12.8. The second kappa shape index (κ2) is 8.10. The van der Waals surface area contributed by atoms with Crippen molar-refractivity contribution in [1.29, 1.82) is 0 Å². The second-order valence-electron chi connectivity index (χ2n) is 10.4. The number of nitrogens with one attached hydrogen (secondary N) is 1. The van der Waals surface area contributed by atoms with Crippen LogP contribution in [0.25, 0.3) is 11.4 Å². The van der Waals surface area contributed by atoms with E-state index in [9.17, 15) is 4.79 Å². The van der Waals surface area contributed by atoms with Gasteiger partial charge in [0.1, 0.15) is 5.69 Å². The Balaban J connectivity index is 1.30. The number of aromatic nitrogens is 4. The summed E-state index contributed by atoms with van der Waals surface area (Å²) >= 11 is 0. The maximum Gasteiger partial charge on any atom is 0.228 e. The first-order valence-corrected chi connectivity index (χ1v) is 11.1. The van der Waals surface area contributed by atoms with Gasteiger partial charge in [-0.15, -0.1) is 10.2 Å². The van der Waals surface area contributed by atoms with E-state index in [1.807, 2.05) is 32.3 Å². The highest BCUT2D eigenvalue weighted by molar-refractivity contribution is 5.91. The van der Waals surface area contributed by atoms with Crippen molar-refractivity contribution in [3.63, 3.8) is 0 Å². The zero-order chi connectivity index (χ0) is 21.5. The van der Waals surface area contributed by atoms with E-state index >= 15 is 0 Å². The molecule has 0 spiro atoms. The Labute approximate surface area is 179 Å². The van der Waals surface area contributed by atoms with Gasteiger partial charge in [-0.1, -0.05) is 20.8 Å². The second-order valence-corrected chi connectivity index (χ2v) is 10.4. The molecule has 7 heteroatoms. The minimum atomic E-state index is 0.0874. The molecule has 4 rings (SSSR count). The van der Waals surface area contributed by atoms with Gasteiger partial charge in [-0.3, -0.25) is 9.48 Å². The van der Waals surface area contributed by atoms with Crippen molar-refractivity contribution in [2.45, 2.75) is 47.0 Å². The van der Waals surface area contributed by atoms with Crippen LogP contribution in [0.5, 0.6) is 0 Å². The predicted octanol–water partition coefficient (Wildman–Crippen LogP) is 3.52. The summed E-state index contributed by atoms with van der Waals surface area (Å²) in [6.45, 7) is 12.4. The molecule has 2 fully saturated rings. The Morgan fingerprint density at radius 2 is 1.87 bits per heavy atom. The lowest BCUT2D eigenvalue weighted by Gasteiger charge is -2.24.